The lowest BCUT2D eigenvalue weighted by atomic mass is 10.2. The van der Waals surface area contributed by atoms with E-state index in [1.165, 1.54) is 25.3 Å². The number of hydrogen-bond donors (Lipinski definition) is 1. The van der Waals surface area contributed by atoms with Crippen molar-refractivity contribution in [1.82, 2.24) is 5.16 Å². The van der Waals surface area contributed by atoms with E-state index in [-0.39, 0.29) is 12.5 Å². The van der Waals surface area contributed by atoms with Gasteiger partial charge in [0, 0.05) is 12.1 Å². The first-order chi connectivity index (χ1) is 13.0. The summed E-state index contributed by atoms with van der Waals surface area (Å²) in [6, 6.07) is 8.34. The predicted molar refractivity (Wildman–Crippen MR) is 94.0 cm³/mol. The van der Waals surface area contributed by atoms with Gasteiger partial charge in [-0.15, -0.1) is 0 Å². The molecule has 1 aromatic heterocycles. The fourth-order valence-electron chi connectivity index (χ4n) is 1.96. The fourth-order valence-corrected chi connectivity index (χ4v) is 1.96. The van der Waals surface area contributed by atoms with E-state index in [2.05, 4.69) is 10.5 Å². The highest BCUT2D eigenvalue weighted by Crippen LogP contribution is 2.28. The van der Waals surface area contributed by atoms with Gasteiger partial charge < -0.3 is 18.7 Å². The number of nitrogens with one attached hydrogen (secondary N) is 1. The van der Waals surface area contributed by atoms with Gasteiger partial charge in [0.2, 0.25) is 5.88 Å². The second-order valence-electron chi connectivity index (χ2n) is 5.18. The number of nitriles is 1. The number of anilines is 1. The Bertz CT molecular complexity index is 881. The van der Waals surface area contributed by atoms with Crippen molar-refractivity contribution in [3.05, 3.63) is 41.6 Å². The molecule has 0 unspecified atom stereocenters. The maximum absolute atomic E-state index is 11.7. The number of nitrogens with zero attached hydrogens (tertiary/aromatic N) is 2. The summed E-state index contributed by atoms with van der Waals surface area (Å²) in [7, 11) is 1.46. The Kier molecular flexibility index (Phi) is 6.96. The average Bonchev–Trinajstić information content (AvgIpc) is 3.07. The topological polar surface area (TPSA) is 124 Å². The molecule has 0 bridgehead atoms. The lowest BCUT2D eigenvalue weighted by molar-refractivity contribution is -0.142. The SMILES string of the molecule is COc1cc(/C=C/C(=O)OCC(=O)Nc2cc(C)no2)ccc1OCC#N. The van der Waals surface area contributed by atoms with E-state index in [1.54, 1.807) is 25.1 Å². The molecular formula is C18H17N3O6. The number of carbonyl (C=O) groups excluding carboxylic acids is 2. The molecule has 0 atom stereocenters. The molecule has 9 nitrogen and oxygen atoms in total. The largest absolute Gasteiger partial charge is 0.493 e. The Hall–Kier alpha value is -3.80. The summed E-state index contributed by atoms with van der Waals surface area (Å²) in [4.78, 5) is 23.4. The molecule has 1 aromatic carbocycles. The first-order valence-electron chi connectivity index (χ1n) is 7.77. The van der Waals surface area contributed by atoms with Crippen molar-refractivity contribution in [1.29, 1.82) is 5.26 Å². The Balaban J connectivity index is 1.86. The van der Waals surface area contributed by atoms with Crippen LogP contribution >= 0.6 is 0 Å². The molecule has 1 N–H and O–H groups in total. The molecule has 0 aliphatic carbocycles. The number of carbonyl (C=O) groups is 2. The van der Waals surface area contributed by atoms with Gasteiger partial charge in [-0.3, -0.25) is 10.1 Å². The van der Waals surface area contributed by atoms with Gasteiger partial charge in [0.15, 0.2) is 24.7 Å². The van der Waals surface area contributed by atoms with Crippen LogP contribution in [0, 0.1) is 18.3 Å². The summed E-state index contributed by atoms with van der Waals surface area (Å²) in [5.41, 5.74) is 1.26. The zero-order chi connectivity index (χ0) is 19.6. The Morgan fingerprint density at radius 1 is 1.33 bits per heavy atom. The van der Waals surface area contributed by atoms with Crippen LogP contribution in [-0.2, 0) is 14.3 Å². The number of esters is 1. The van der Waals surface area contributed by atoms with Gasteiger partial charge in [-0.05, 0) is 30.7 Å². The molecular weight excluding hydrogens is 354 g/mol. The molecule has 0 radical (unpaired) electrons. The molecule has 2 rings (SSSR count). The number of rotatable bonds is 8. The summed E-state index contributed by atoms with van der Waals surface area (Å²) in [6.07, 6.45) is 2.67. The van der Waals surface area contributed by atoms with Crippen LogP contribution in [0.25, 0.3) is 6.08 Å². The van der Waals surface area contributed by atoms with E-state index in [9.17, 15) is 9.59 Å². The number of ether oxygens (including phenoxy) is 3. The number of amides is 1. The van der Waals surface area contributed by atoms with Crippen molar-refractivity contribution in [3.63, 3.8) is 0 Å². The zero-order valence-electron chi connectivity index (χ0n) is 14.7. The Labute approximate surface area is 155 Å². The van der Waals surface area contributed by atoms with Gasteiger partial charge in [-0.25, -0.2) is 4.79 Å². The molecule has 0 aliphatic rings. The molecule has 1 amide bonds. The summed E-state index contributed by atoms with van der Waals surface area (Å²) in [5, 5.41) is 14.6. The maximum Gasteiger partial charge on any atom is 0.331 e. The molecule has 9 heteroatoms. The quantitative estimate of drug-likeness (QED) is 0.552. The predicted octanol–water partition coefficient (Wildman–Crippen LogP) is 2.09. The molecule has 140 valence electrons. The van der Waals surface area contributed by atoms with Crippen LogP contribution in [-0.4, -0.2) is 37.4 Å². The minimum Gasteiger partial charge on any atom is -0.493 e. The number of hydrogen-bond acceptors (Lipinski definition) is 8. The smallest absolute Gasteiger partial charge is 0.331 e. The highest BCUT2D eigenvalue weighted by molar-refractivity contribution is 5.93. The van der Waals surface area contributed by atoms with Gasteiger partial charge in [-0.2, -0.15) is 5.26 Å². The minimum absolute atomic E-state index is 0.104. The second kappa shape index (κ2) is 9.62. The Morgan fingerprint density at radius 3 is 2.81 bits per heavy atom. The van der Waals surface area contributed by atoms with Crippen LogP contribution in [0.3, 0.4) is 0 Å². The van der Waals surface area contributed by atoms with Crippen LogP contribution in [0.15, 0.2) is 34.9 Å². The molecule has 0 fully saturated rings. The van der Waals surface area contributed by atoms with Gasteiger partial charge in [0.25, 0.3) is 5.91 Å². The zero-order valence-corrected chi connectivity index (χ0v) is 14.7. The number of benzene rings is 1. The fraction of sp³-hybridized carbons (Fsp3) is 0.222. The van der Waals surface area contributed by atoms with Crippen molar-refractivity contribution in [2.45, 2.75) is 6.92 Å². The second-order valence-corrected chi connectivity index (χ2v) is 5.18. The minimum atomic E-state index is -0.692. The maximum atomic E-state index is 11.7. The van der Waals surface area contributed by atoms with Crippen molar-refractivity contribution in [2.75, 3.05) is 25.6 Å². The molecule has 2 aromatic rings. The highest BCUT2D eigenvalue weighted by atomic mass is 16.5. The van der Waals surface area contributed by atoms with E-state index in [1.807, 2.05) is 6.07 Å². The van der Waals surface area contributed by atoms with Crippen LogP contribution < -0.4 is 14.8 Å². The lowest BCUT2D eigenvalue weighted by Gasteiger charge is -2.08. The molecule has 0 aliphatic heterocycles. The highest BCUT2D eigenvalue weighted by Gasteiger charge is 2.09. The Morgan fingerprint density at radius 2 is 2.15 bits per heavy atom. The molecule has 27 heavy (non-hydrogen) atoms. The average molecular weight is 371 g/mol. The number of methoxy groups -OCH3 is 1. The molecule has 0 spiro atoms. The van der Waals surface area contributed by atoms with Crippen molar-refractivity contribution >= 4 is 23.8 Å². The first-order valence-corrected chi connectivity index (χ1v) is 7.77. The van der Waals surface area contributed by atoms with Crippen molar-refractivity contribution < 1.29 is 28.3 Å². The van der Waals surface area contributed by atoms with E-state index in [4.69, 9.17) is 24.0 Å². The standard InChI is InChI=1S/C18H17N3O6/c1-12-9-17(27-21-12)20-16(22)11-26-18(23)6-4-13-3-5-14(25-8-7-19)15(10-13)24-2/h3-6,9-10H,8,11H2,1-2H3,(H,20,22)/b6-4+. The molecule has 0 saturated heterocycles. The number of aromatic nitrogens is 1. The van der Waals surface area contributed by atoms with Gasteiger partial charge >= 0.3 is 5.97 Å². The van der Waals surface area contributed by atoms with E-state index < -0.39 is 18.5 Å². The summed E-state index contributed by atoms with van der Waals surface area (Å²) in [5.74, 6) is -0.230. The molecule has 1 heterocycles. The van der Waals surface area contributed by atoms with Crippen molar-refractivity contribution in [3.8, 4) is 17.6 Å². The van der Waals surface area contributed by atoms with Crippen LogP contribution in [0.4, 0.5) is 5.88 Å². The van der Waals surface area contributed by atoms with Crippen LogP contribution in [0.2, 0.25) is 0 Å². The summed E-state index contributed by atoms with van der Waals surface area (Å²) < 4.78 is 20.1. The normalized spacial score (nSPS) is 10.3. The van der Waals surface area contributed by atoms with Gasteiger partial charge in [-0.1, -0.05) is 11.2 Å². The summed E-state index contributed by atoms with van der Waals surface area (Å²) >= 11 is 0. The van der Waals surface area contributed by atoms with Crippen LogP contribution in [0.5, 0.6) is 11.5 Å². The number of aryl methyl sites for hydroxylation is 1. The third-order valence-corrected chi connectivity index (χ3v) is 3.13. The van der Waals surface area contributed by atoms with E-state index >= 15 is 0 Å². The lowest BCUT2D eigenvalue weighted by Crippen LogP contribution is -2.19. The summed E-state index contributed by atoms with van der Waals surface area (Å²) in [6.45, 7) is 1.14. The third-order valence-electron chi connectivity index (χ3n) is 3.13. The van der Waals surface area contributed by atoms with E-state index in [0.717, 1.165) is 0 Å². The van der Waals surface area contributed by atoms with Crippen molar-refractivity contribution in [2.24, 2.45) is 0 Å². The first kappa shape index (κ1) is 19.5. The monoisotopic (exact) mass is 371 g/mol. The van der Waals surface area contributed by atoms with Crippen LogP contribution in [0.1, 0.15) is 11.3 Å². The third kappa shape index (κ3) is 6.21. The van der Waals surface area contributed by atoms with Gasteiger partial charge in [0.05, 0.1) is 12.8 Å². The van der Waals surface area contributed by atoms with E-state index in [0.29, 0.717) is 22.8 Å². The molecule has 0 saturated carbocycles. The van der Waals surface area contributed by atoms with Gasteiger partial charge in [0.1, 0.15) is 6.07 Å².